The van der Waals surface area contributed by atoms with Crippen molar-refractivity contribution in [2.75, 3.05) is 0 Å². The molecule has 0 aliphatic rings. The van der Waals surface area contributed by atoms with Crippen molar-refractivity contribution >= 4 is 11.0 Å². The molecule has 0 aliphatic carbocycles. The summed E-state index contributed by atoms with van der Waals surface area (Å²) in [7, 11) is 0. The maximum Gasteiger partial charge on any atom is 0.168 e. The highest BCUT2D eigenvalue weighted by molar-refractivity contribution is 5.75. The second-order valence-corrected chi connectivity index (χ2v) is 2.92. The molecule has 2 aromatic rings. The maximum atomic E-state index is 13.4. The Hall–Kier alpha value is -1.42. The number of fused-ring (bicyclic) bond motifs is 1. The molecule has 0 unspecified atom stereocenters. The zero-order valence-corrected chi connectivity index (χ0v) is 7.11. The highest BCUT2D eigenvalue weighted by Crippen LogP contribution is 2.19. The number of aromatic nitrogens is 2. The summed E-state index contributed by atoms with van der Waals surface area (Å²) in [5, 5.41) is 9.18. The zero-order valence-electron chi connectivity index (χ0n) is 7.11. The van der Waals surface area contributed by atoms with Gasteiger partial charge in [0, 0.05) is 0 Å². The van der Waals surface area contributed by atoms with E-state index in [1.165, 1.54) is 6.92 Å². The Morgan fingerprint density at radius 3 is 2.77 bits per heavy atom. The van der Waals surface area contributed by atoms with Crippen LogP contribution in [-0.4, -0.2) is 14.9 Å². The van der Waals surface area contributed by atoms with E-state index >= 15 is 0 Å². The molecular weight excluding hydrogens is 171 g/mol. The molecule has 13 heavy (non-hydrogen) atoms. The summed E-state index contributed by atoms with van der Waals surface area (Å²) in [5.74, 6) is 0.0428. The standard InChI is InChI=1S/C9H9FN2O/c1-6(13)9-11-7-4-2-3-5-8(7)12(9)10/h2-6,13H,1H3/t6-/m1/s1. The van der Waals surface area contributed by atoms with Gasteiger partial charge in [-0.15, -0.1) is 0 Å². The number of rotatable bonds is 1. The van der Waals surface area contributed by atoms with Crippen LogP contribution in [0, 0.1) is 0 Å². The predicted octanol–water partition coefficient (Wildman–Crippen LogP) is 1.82. The van der Waals surface area contributed by atoms with Gasteiger partial charge in [0.15, 0.2) is 5.82 Å². The van der Waals surface area contributed by atoms with E-state index in [1.54, 1.807) is 24.3 Å². The quantitative estimate of drug-likeness (QED) is 0.726. The lowest BCUT2D eigenvalue weighted by Gasteiger charge is -1.99. The number of hydrogen-bond acceptors (Lipinski definition) is 2. The van der Waals surface area contributed by atoms with E-state index in [1.807, 2.05) is 0 Å². The van der Waals surface area contributed by atoms with Crippen molar-refractivity contribution < 1.29 is 9.59 Å². The third-order valence-electron chi connectivity index (χ3n) is 1.90. The number of benzene rings is 1. The highest BCUT2D eigenvalue weighted by atomic mass is 19.2. The van der Waals surface area contributed by atoms with Crippen LogP contribution in [0.15, 0.2) is 24.3 Å². The predicted molar refractivity (Wildman–Crippen MR) is 46.9 cm³/mol. The molecule has 1 heterocycles. The van der Waals surface area contributed by atoms with Crippen molar-refractivity contribution in [3.8, 4) is 0 Å². The molecule has 3 nitrogen and oxygen atoms in total. The molecule has 1 aromatic heterocycles. The summed E-state index contributed by atoms with van der Waals surface area (Å²) in [6.07, 6.45) is -0.891. The Kier molecular flexibility index (Phi) is 1.77. The molecule has 68 valence electrons. The first kappa shape index (κ1) is 8.19. The molecule has 4 heteroatoms. The van der Waals surface area contributed by atoms with Crippen LogP contribution >= 0.6 is 0 Å². The monoisotopic (exact) mass is 180 g/mol. The smallest absolute Gasteiger partial charge is 0.168 e. The molecule has 0 saturated carbocycles. The number of para-hydroxylation sites is 2. The molecule has 0 amide bonds. The van der Waals surface area contributed by atoms with Crippen LogP contribution in [0.2, 0.25) is 0 Å². The molecule has 0 saturated heterocycles. The molecule has 2 rings (SSSR count). The topological polar surface area (TPSA) is 38.1 Å². The van der Waals surface area contributed by atoms with E-state index in [4.69, 9.17) is 0 Å². The number of aliphatic hydroxyl groups is 1. The Balaban J connectivity index is 2.74. The summed E-state index contributed by atoms with van der Waals surface area (Å²) in [5.41, 5.74) is 0.944. The number of halogens is 1. The van der Waals surface area contributed by atoms with E-state index in [0.29, 0.717) is 15.8 Å². The average Bonchev–Trinajstić information content (AvgIpc) is 2.45. The molecule has 0 spiro atoms. The minimum absolute atomic E-state index is 0.0428. The van der Waals surface area contributed by atoms with Gasteiger partial charge in [-0.1, -0.05) is 16.6 Å². The largest absolute Gasteiger partial charge is 0.385 e. The fourth-order valence-electron chi connectivity index (χ4n) is 1.27. The lowest BCUT2D eigenvalue weighted by molar-refractivity contribution is 0.169. The van der Waals surface area contributed by atoms with Gasteiger partial charge in [0.2, 0.25) is 0 Å². The summed E-state index contributed by atoms with van der Waals surface area (Å²) in [4.78, 5) is 4.37. The summed E-state index contributed by atoms with van der Waals surface area (Å²) >= 11 is 0. The second-order valence-electron chi connectivity index (χ2n) is 2.92. The van der Waals surface area contributed by atoms with Gasteiger partial charge < -0.3 is 5.11 Å². The van der Waals surface area contributed by atoms with Crippen LogP contribution in [0.3, 0.4) is 0 Å². The van der Waals surface area contributed by atoms with Crippen molar-refractivity contribution in [2.24, 2.45) is 0 Å². The summed E-state index contributed by atoms with van der Waals surface area (Å²) in [6, 6.07) is 6.83. The van der Waals surface area contributed by atoms with E-state index in [0.717, 1.165) is 0 Å². The van der Waals surface area contributed by atoms with Gasteiger partial charge in [0.1, 0.15) is 11.6 Å². The summed E-state index contributed by atoms with van der Waals surface area (Å²) < 4.78 is 13.4. The van der Waals surface area contributed by atoms with Crippen molar-refractivity contribution in [1.82, 2.24) is 9.77 Å². The van der Waals surface area contributed by atoms with Crippen molar-refractivity contribution in [3.63, 3.8) is 0 Å². The SMILES string of the molecule is C[C@@H](O)c1nc2ccccc2n1F. The summed E-state index contributed by atoms with van der Waals surface area (Å²) in [6.45, 7) is 1.48. The third-order valence-corrected chi connectivity index (χ3v) is 1.90. The van der Waals surface area contributed by atoms with Crippen molar-refractivity contribution in [1.29, 1.82) is 0 Å². The second kappa shape index (κ2) is 2.81. The fraction of sp³-hybridized carbons (Fsp3) is 0.222. The molecule has 0 radical (unpaired) electrons. The van der Waals surface area contributed by atoms with Gasteiger partial charge in [-0.2, -0.15) is 4.79 Å². The van der Waals surface area contributed by atoms with Crippen LogP contribution in [0.1, 0.15) is 18.9 Å². The number of aliphatic hydroxyl groups excluding tert-OH is 1. The first-order valence-corrected chi connectivity index (χ1v) is 4.02. The molecule has 0 fully saturated rings. The molecule has 1 atom stereocenters. The molecular formula is C9H9FN2O. The average molecular weight is 180 g/mol. The van der Waals surface area contributed by atoms with Gasteiger partial charge in [0.05, 0.1) is 5.52 Å². The van der Waals surface area contributed by atoms with Gasteiger partial charge in [-0.25, -0.2) is 4.98 Å². The Morgan fingerprint density at radius 2 is 2.15 bits per heavy atom. The Bertz CT molecular complexity index is 436. The molecule has 1 N–H and O–H groups in total. The van der Waals surface area contributed by atoms with Gasteiger partial charge in [-0.05, 0) is 19.1 Å². The Morgan fingerprint density at radius 1 is 1.46 bits per heavy atom. The fourth-order valence-corrected chi connectivity index (χ4v) is 1.27. The number of imidazole rings is 1. The zero-order chi connectivity index (χ0) is 9.42. The first-order valence-electron chi connectivity index (χ1n) is 4.02. The maximum absolute atomic E-state index is 13.4. The minimum Gasteiger partial charge on any atom is -0.385 e. The lowest BCUT2D eigenvalue weighted by atomic mass is 10.3. The van der Waals surface area contributed by atoms with Crippen LogP contribution in [-0.2, 0) is 0 Å². The van der Waals surface area contributed by atoms with Gasteiger partial charge >= 0.3 is 0 Å². The first-order chi connectivity index (χ1) is 6.20. The lowest BCUT2D eigenvalue weighted by Crippen LogP contribution is -1.98. The van der Waals surface area contributed by atoms with Crippen molar-refractivity contribution in [2.45, 2.75) is 13.0 Å². The van der Waals surface area contributed by atoms with Crippen molar-refractivity contribution in [3.05, 3.63) is 30.1 Å². The van der Waals surface area contributed by atoms with Crippen LogP contribution in [0.25, 0.3) is 11.0 Å². The third kappa shape index (κ3) is 1.19. The normalized spacial score (nSPS) is 13.5. The van der Waals surface area contributed by atoms with Crippen LogP contribution in [0.5, 0.6) is 0 Å². The van der Waals surface area contributed by atoms with Gasteiger partial charge in [0.25, 0.3) is 0 Å². The molecule has 1 aromatic carbocycles. The molecule has 0 bridgehead atoms. The van der Waals surface area contributed by atoms with Gasteiger partial charge in [-0.3, -0.25) is 0 Å². The Labute approximate surface area is 74.4 Å². The van der Waals surface area contributed by atoms with E-state index in [9.17, 15) is 9.59 Å². The van der Waals surface area contributed by atoms with E-state index in [-0.39, 0.29) is 5.82 Å². The van der Waals surface area contributed by atoms with E-state index in [2.05, 4.69) is 4.98 Å². The molecule has 0 aliphatic heterocycles. The number of nitrogens with zero attached hydrogens (tertiary/aromatic N) is 2. The van der Waals surface area contributed by atoms with Crippen LogP contribution in [0.4, 0.5) is 4.48 Å². The minimum atomic E-state index is -0.891. The highest BCUT2D eigenvalue weighted by Gasteiger charge is 2.13. The number of hydrogen-bond donors (Lipinski definition) is 1. The van der Waals surface area contributed by atoms with E-state index < -0.39 is 6.10 Å². The van der Waals surface area contributed by atoms with Crippen LogP contribution < -0.4 is 0 Å².